The summed E-state index contributed by atoms with van der Waals surface area (Å²) in [5.41, 5.74) is 2.04. The Labute approximate surface area is 202 Å². The van der Waals surface area contributed by atoms with Gasteiger partial charge < -0.3 is 15.5 Å². The molecule has 0 atom stereocenters. The lowest BCUT2D eigenvalue weighted by Gasteiger charge is -2.33. The van der Waals surface area contributed by atoms with E-state index in [2.05, 4.69) is 32.1 Å². The van der Waals surface area contributed by atoms with Crippen LogP contribution < -0.4 is 15.5 Å². The number of nitrogens with one attached hydrogen (secondary N) is 2. The third kappa shape index (κ3) is 9.02. The summed E-state index contributed by atoms with van der Waals surface area (Å²) in [6.07, 6.45) is 18.6. The molecule has 0 unspecified atom stereocenters. The highest BCUT2D eigenvalue weighted by molar-refractivity contribution is 6.47. The average molecular weight is 462 g/mol. The van der Waals surface area contributed by atoms with Crippen molar-refractivity contribution in [3.8, 4) is 0 Å². The third-order valence-electron chi connectivity index (χ3n) is 5.38. The fourth-order valence-corrected chi connectivity index (χ4v) is 3.53. The molecule has 34 heavy (non-hydrogen) atoms. The number of anilines is 2. The molecule has 0 aliphatic carbocycles. The van der Waals surface area contributed by atoms with Crippen LogP contribution in [-0.4, -0.2) is 49.1 Å². The number of carbonyl (C=O) groups is 2. The van der Waals surface area contributed by atoms with Gasteiger partial charge >= 0.3 is 0 Å². The number of piperidine rings is 1. The fourth-order valence-electron chi connectivity index (χ4n) is 3.53. The Balaban J connectivity index is 1.84. The molecular weight excluding hydrogens is 426 g/mol. The number of pyridine rings is 1. The summed E-state index contributed by atoms with van der Waals surface area (Å²) < 4.78 is 0. The standard InChI is InChI=1S/C27H35N5O2/c1-4-7-12-25(28-6-3)27(34)31-24-13-14-26(30-21-24)32-17-15-22(16-18-32)20-29-23(5-2)11-9-8-10-19-33/h4-5,7-14,19,21-22,29H,1,6,15-18,20H2,2-3H3,(H,31,34)/b10-8+,11-9-,12-7-,23-5+,28-25?. The third-order valence-corrected chi connectivity index (χ3v) is 5.38. The molecule has 2 rings (SSSR count). The van der Waals surface area contributed by atoms with E-state index in [1.165, 1.54) is 6.08 Å². The molecule has 0 saturated carbocycles. The van der Waals surface area contributed by atoms with Gasteiger partial charge in [-0.15, -0.1) is 0 Å². The van der Waals surface area contributed by atoms with Crippen LogP contribution in [0.1, 0.15) is 26.7 Å². The first-order chi connectivity index (χ1) is 16.6. The fraction of sp³-hybridized carbons (Fsp3) is 0.333. The zero-order valence-corrected chi connectivity index (χ0v) is 20.1. The van der Waals surface area contributed by atoms with Crippen molar-refractivity contribution >= 4 is 29.4 Å². The lowest BCUT2D eigenvalue weighted by atomic mass is 9.96. The van der Waals surface area contributed by atoms with Gasteiger partial charge in [-0.3, -0.25) is 14.6 Å². The van der Waals surface area contributed by atoms with E-state index < -0.39 is 0 Å². The summed E-state index contributed by atoms with van der Waals surface area (Å²) >= 11 is 0. The van der Waals surface area contributed by atoms with Crippen LogP contribution in [-0.2, 0) is 9.59 Å². The molecule has 1 fully saturated rings. The van der Waals surface area contributed by atoms with E-state index in [1.807, 2.05) is 44.2 Å². The van der Waals surface area contributed by atoms with Crippen LogP contribution in [0.25, 0.3) is 0 Å². The van der Waals surface area contributed by atoms with E-state index >= 15 is 0 Å². The van der Waals surface area contributed by atoms with Gasteiger partial charge in [0.15, 0.2) is 0 Å². The number of nitrogens with zero attached hydrogens (tertiary/aromatic N) is 3. The van der Waals surface area contributed by atoms with Gasteiger partial charge in [0.05, 0.1) is 11.9 Å². The maximum Gasteiger partial charge on any atom is 0.273 e. The van der Waals surface area contributed by atoms with E-state index in [0.717, 1.165) is 50.3 Å². The normalized spacial score (nSPS) is 15.9. The van der Waals surface area contributed by atoms with Crippen LogP contribution in [0.2, 0.25) is 0 Å². The second-order valence-electron chi connectivity index (χ2n) is 7.75. The molecule has 7 heteroatoms. The number of aliphatic imine (C=N–C) groups is 1. The number of hydrogen-bond donors (Lipinski definition) is 2. The molecule has 1 aromatic rings. The van der Waals surface area contributed by atoms with E-state index in [9.17, 15) is 9.59 Å². The zero-order valence-electron chi connectivity index (χ0n) is 20.1. The smallest absolute Gasteiger partial charge is 0.273 e. The molecule has 0 radical (unpaired) electrons. The quantitative estimate of drug-likeness (QED) is 0.210. The number of hydrogen-bond acceptors (Lipinski definition) is 6. The van der Waals surface area contributed by atoms with Gasteiger partial charge in [0.1, 0.15) is 17.8 Å². The zero-order chi connectivity index (χ0) is 24.6. The minimum atomic E-state index is -0.266. The van der Waals surface area contributed by atoms with Gasteiger partial charge in [0.25, 0.3) is 5.91 Å². The maximum absolute atomic E-state index is 12.5. The molecule has 0 bridgehead atoms. The first-order valence-corrected chi connectivity index (χ1v) is 11.7. The molecule has 0 spiro atoms. The summed E-state index contributed by atoms with van der Waals surface area (Å²) in [5, 5.41) is 6.34. The van der Waals surface area contributed by atoms with Crippen LogP contribution >= 0.6 is 0 Å². The summed E-state index contributed by atoms with van der Waals surface area (Å²) in [4.78, 5) is 33.8. The van der Waals surface area contributed by atoms with Gasteiger partial charge in [0, 0.05) is 31.9 Å². The van der Waals surface area contributed by atoms with Crippen molar-refractivity contribution in [1.29, 1.82) is 0 Å². The van der Waals surface area contributed by atoms with Crippen molar-refractivity contribution < 1.29 is 9.59 Å². The Hall–Kier alpha value is -3.74. The number of aromatic nitrogens is 1. The molecule has 1 aromatic heterocycles. The number of amides is 1. The van der Waals surface area contributed by atoms with Gasteiger partial charge in [-0.1, -0.05) is 37.0 Å². The number of aldehydes is 1. The Bertz CT molecular complexity index is 950. The first-order valence-electron chi connectivity index (χ1n) is 11.7. The predicted octanol–water partition coefficient (Wildman–Crippen LogP) is 4.24. The highest BCUT2D eigenvalue weighted by Gasteiger charge is 2.20. The highest BCUT2D eigenvalue weighted by Crippen LogP contribution is 2.22. The van der Waals surface area contributed by atoms with Crippen LogP contribution in [0.15, 0.2) is 84.2 Å². The molecule has 0 aromatic carbocycles. The van der Waals surface area contributed by atoms with E-state index in [4.69, 9.17) is 0 Å². The van der Waals surface area contributed by atoms with Crippen molar-refractivity contribution in [2.24, 2.45) is 10.9 Å². The molecule has 180 valence electrons. The number of rotatable bonds is 12. The number of carbonyl (C=O) groups excluding carboxylic acids is 2. The van der Waals surface area contributed by atoms with Crippen molar-refractivity contribution in [3.05, 3.63) is 79.2 Å². The highest BCUT2D eigenvalue weighted by atomic mass is 16.1. The van der Waals surface area contributed by atoms with Gasteiger partial charge in [-0.05, 0) is 63.0 Å². The van der Waals surface area contributed by atoms with Gasteiger partial charge in [-0.25, -0.2) is 4.98 Å². The summed E-state index contributed by atoms with van der Waals surface area (Å²) in [7, 11) is 0. The lowest BCUT2D eigenvalue weighted by Crippen LogP contribution is -2.37. The van der Waals surface area contributed by atoms with Gasteiger partial charge in [0.2, 0.25) is 0 Å². The Morgan fingerprint density at radius 2 is 2.00 bits per heavy atom. The lowest BCUT2D eigenvalue weighted by molar-refractivity contribution is -0.110. The topological polar surface area (TPSA) is 86.7 Å². The second kappa shape index (κ2) is 15.2. The molecule has 1 saturated heterocycles. The molecule has 2 heterocycles. The van der Waals surface area contributed by atoms with Crippen molar-refractivity contribution in [2.45, 2.75) is 26.7 Å². The minimum Gasteiger partial charge on any atom is -0.385 e. The van der Waals surface area contributed by atoms with Crippen molar-refractivity contribution in [3.63, 3.8) is 0 Å². The Morgan fingerprint density at radius 3 is 2.62 bits per heavy atom. The van der Waals surface area contributed by atoms with Crippen LogP contribution in [0.5, 0.6) is 0 Å². The van der Waals surface area contributed by atoms with Crippen LogP contribution in [0.4, 0.5) is 11.5 Å². The SMILES string of the molecule is C=C/C=C\C(=NCC)C(=O)Nc1ccc(N2CCC(CNC(/C=C\C=C\C=O)=C/C)CC2)nc1. The van der Waals surface area contributed by atoms with Crippen LogP contribution in [0.3, 0.4) is 0 Å². The first kappa shape index (κ1) is 26.5. The molecular formula is C27H35N5O2. The van der Waals surface area contributed by atoms with Gasteiger partial charge in [-0.2, -0.15) is 0 Å². The maximum atomic E-state index is 12.5. The molecule has 1 aliphatic heterocycles. The predicted molar refractivity (Wildman–Crippen MR) is 141 cm³/mol. The monoisotopic (exact) mass is 461 g/mol. The average Bonchev–Trinajstić information content (AvgIpc) is 2.87. The van der Waals surface area contributed by atoms with E-state index in [0.29, 0.717) is 23.9 Å². The second-order valence-corrected chi connectivity index (χ2v) is 7.75. The Kier molecular flexibility index (Phi) is 11.8. The summed E-state index contributed by atoms with van der Waals surface area (Å²) in [6.45, 7) is 10.8. The largest absolute Gasteiger partial charge is 0.385 e. The van der Waals surface area contributed by atoms with Crippen LogP contribution in [0, 0.1) is 5.92 Å². The summed E-state index contributed by atoms with van der Waals surface area (Å²) in [5.74, 6) is 1.24. The Morgan fingerprint density at radius 1 is 1.21 bits per heavy atom. The molecule has 7 nitrogen and oxygen atoms in total. The molecule has 1 amide bonds. The molecule has 1 aliphatic rings. The number of allylic oxidation sites excluding steroid dienone is 7. The van der Waals surface area contributed by atoms with Crippen molar-refractivity contribution in [2.75, 3.05) is 36.4 Å². The minimum absolute atomic E-state index is 0.266. The summed E-state index contributed by atoms with van der Waals surface area (Å²) in [6, 6.07) is 3.82. The van der Waals surface area contributed by atoms with Crippen molar-refractivity contribution in [1.82, 2.24) is 10.3 Å². The molecule has 2 N–H and O–H groups in total. The van der Waals surface area contributed by atoms with E-state index in [1.54, 1.807) is 30.5 Å². The van der Waals surface area contributed by atoms with E-state index in [-0.39, 0.29) is 5.91 Å².